The maximum absolute atomic E-state index is 13.5. The second-order valence-corrected chi connectivity index (χ2v) is 9.63. The maximum atomic E-state index is 13.5. The monoisotopic (exact) mass is 508 g/mol. The molecule has 11 heteroatoms. The summed E-state index contributed by atoms with van der Waals surface area (Å²) in [5, 5.41) is 9.90. The van der Waals surface area contributed by atoms with E-state index in [2.05, 4.69) is 15.7 Å². The number of aromatic nitrogens is 4. The molecule has 0 saturated carbocycles. The molecule has 0 fully saturated rings. The second kappa shape index (κ2) is 10.4. The predicted octanol–water partition coefficient (Wildman–Crippen LogP) is 2.77. The van der Waals surface area contributed by atoms with Crippen molar-refractivity contribution in [3.63, 3.8) is 0 Å². The summed E-state index contributed by atoms with van der Waals surface area (Å²) in [5.74, 6) is -1.09. The fraction of sp³-hybridized carbons (Fsp3) is 0.346. The highest BCUT2D eigenvalue weighted by molar-refractivity contribution is 5.98. The van der Waals surface area contributed by atoms with Crippen LogP contribution in [0.1, 0.15) is 44.5 Å². The average Bonchev–Trinajstić information content (AvgIpc) is 3.13. The second-order valence-electron chi connectivity index (χ2n) is 9.63. The molecule has 37 heavy (non-hydrogen) atoms. The van der Waals surface area contributed by atoms with E-state index in [1.165, 1.54) is 39.3 Å². The van der Waals surface area contributed by atoms with Gasteiger partial charge in [-0.1, -0.05) is 19.9 Å². The zero-order chi connectivity index (χ0) is 26.9. The first-order chi connectivity index (χ1) is 17.5. The molecule has 0 aliphatic heterocycles. The normalized spacial score (nSPS) is 11.5. The van der Waals surface area contributed by atoms with Gasteiger partial charge in [0.05, 0.1) is 10.9 Å². The average molecular weight is 509 g/mol. The minimum absolute atomic E-state index is 0.0723. The van der Waals surface area contributed by atoms with E-state index in [0.29, 0.717) is 13.0 Å². The lowest BCUT2D eigenvalue weighted by Gasteiger charge is -2.12. The van der Waals surface area contributed by atoms with Crippen LogP contribution in [0.3, 0.4) is 0 Å². The molecule has 194 valence electrons. The zero-order valence-electron chi connectivity index (χ0n) is 21.1. The summed E-state index contributed by atoms with van der Waals surface area (Å²) in [6.45, 7) is 7.55. The van der Waals surface area contributed by atoms with Gasteiger partial charge in [-0.25, -0.2) is 18.3 Å². The molecule has 0 saturated heterocycles. The number of anilines is 1. The highest BCUT2D eigenvalue weighted by Crippen LogP contribution is 2.16. The van der Waals surface area contributed by atoms with Crippen molar-refractivity contribution in [1.29, 1.82) is 0 Å². The van der Waals surface area contributed by atoms with Gasteiger partial charge in [0.2, 0.25) is 11.7 Å². The summed E-state index contributed by atoms with van der Waals surface area (Å²) >= 11 is 0. The van der Waals surface area contributed by atoms with E-state index in [0.717, 1.165) is 10.7 Å². The smallest absolute Gasteiger partial charge is 0.350 e. The third-order valence-corrected chi connectivity index (χ3v) is 5.79. The number of carbonyl (C=O) groups is 2. The van der Waals surface area contributed by atoms with Crippen LogP contribution in [0.5, 0.6) is 0 Å². The minimum atomic E-state index is -0.644. The number of benzene rings is 2. The molecular weight excluding hydrogens is 479 g/mol. The Morgan fingerprint density at radius 2 is 1.81 bits per heavy atom. The molecule has 0 aliphatic carbocycles. The molecule has 2 amide bonds. The lowest BCUT2D eigenvalue weighted by atomic mass is 10.1. The van der Waals surface area contributed by atoms with Crippen LogP contribution in [0.15, 0.2) is 52.1 Å². The van der Waals surface area contributed by atoms with Crippen molar-refractivity contribution in [2.45, 2.75) is 53.2 Å². The van der Waals surface area contributed by atoms with E-state index in [1.807, 2.05) is 27.7 Å². The van der Waals surface area contributed by atoms with Gasteiger partial charge in [-0.2, -0.15) is 0 Å². The Hall–Kier alpha value is -4.28. The van der Waals surface area contributed by atoms with Crippen molar-refractivity contribution in [2.75, 3.05) is 5.32 Å². The number of amides is 2. The predicted molar refractivity (Wildman–Crippen MR) is 138 cm³/mol. The first kappa shape index (κ1) is 25.8. The highest BCUT2D eigenvalue weighted by Gasteiger charge is 2.20. The van der Waals surface area contributed by atoms with Crippen molar-refractivity contribution >= 4 is 34.2 Å². The molecule has 4 aromatic rings. The molecule has 0 spiro atoms. The molecule has 2 aromatic heterocycles. The maximum Gasteiger partial charge on any atom is 0.352 e. The fourth-order valence-corrected chi connectivity index (χ4v) is 4.00. The molecule has 2 N–H and O–H groups in total. The third-order valence-electron chi connectivity index (χ3n) is 5.79. The molecule has 0 bridgehead atoms. The quantitative estimate of drug-likeness (QED) is 0.379. The third kappa shape index (κ3) is 5.45. The van der Waals surface area contributed by atoms with Crippen LogP contribution in [0.2, 0.25) is 0 Å². The van der Waals surface area contributed by atoms with Gasteiger partial charge in [0.15, 0.2) is 0 Å². The van der Waals surface area contributed by atoms with E-state index in [4.69, 9.17) is 0 Å². The van der Waals surface area contributed by atoms with Crippen LogP contribution in [-0.2, 0) is 17.9 Å². The molecular formula is C26H29FN6O4. The Kier molecular flexibility index (Phi) is 7.23. The first-order valence-electron chi connectivity index (χ1n) is 12.1. The van der Waals surface area contributed by atoms with E-state index in [9.17, 15) is 23.6 Å². The first-order valence-corrected chi connectivity index (χ1v) is 12.1. The summed E-state index contributed by atoms with van der Waals surface area (Å²) < 4.78 is 17.1. The van der Waals surface area contributed by atoms with Gasteiger partial charge in [-0.3, -0.25) is 19.0 Å². The number of nitrogens with zero attached hydrogens (tertiary/aromatic N) is 4. The number of halogens is 1. The number of nitrogens with one attached hydrogen (secondary N) is 2. The van der Waals surface area contributed by atoms with Crippen LogP contribution in [0.25, 0.3) is 16.7 Å². The standard InChI is InChI=1S/C26H29FN6O4/c1-15(2)10-11-31-24(36)20-9-8-17(23(35)28-16(3)4)12-21(20)33-25(31)30-32(26(33)37)14-22(34)29-19-7-5-6-18(27)13-19/h5-9,12-13,15-16H,10-11,14H2,1-4H3,(H,28,35)(H,29,34). The van der Waals surface area contributed by atoms with Crippen LogP contribution in [-0.4, -0.2) is 36.6 Å². The van der Waals surface area contributed by atoms with Crippen molar-refractivity contribution in [3.8, 4) is 0 Å². The van der Waals surface area contributed by atoms with Crippen LogP contribution in [0.4, 0.5) is 10.1 Å². The Bertz CT molecular complexity index is 1620. The number of carbonyl (C=O) groups excluding carboxylic acids is 2. The van der Waals surface area contributed by atoms with Gasteiger partial charge in [-0.05, 0) is 62.6 Å². The SMILES string of the molecule is CC(C)CCn1c(=O)c2ccc(C(=O)NC(C)C)cc2n2c(=O)n(CC(=O)Nc3cccc(F)c3)nc12. The summed E-state index contributed by atoms with van der Waals surface area (Å²) in [6.07, 6.45) is 0.664. The summed E-state index contributed by atoms with van der Waals surface area (Å²) in [5.41, 5.74) is -0.249. The molecule has 0 atom stereocenters. The van der Waals surface area contributed by atoms with Crippen molar-refractivity contribution in [2.24, 2.45) is 5.92 Å². The van der Waals surface area contributed by atoms with Crippen molar-refractivity contribution < 1.29 is 14.0 Å². The largest absolute Gasteiger partial charge is 0.352 e. The molecule has 2 aromatic carbocycles. The van der Waals surface area contributed by atoms with E-state index in [-0.39, 0.29) is 51.4 Å². The topological polar surface area (TPSA) is 120 Å². The molecule has 0 unspecified atom stereocenters. The van der Waals surface area contributed by atoms with Crippen molar-refractivity contribution in [1.82, 2.24) is 24.1 Å². The van der Waals surface area contributed by atoms with Crippen molar-refractivity contribution in [3.05, 3.63) is 74.7 Å². The van der Waals surface area contributed by atoms with Crippen LogP contribution >= 0.6 is 0 Å². The van der Waals surface area contributed by atoms with Crippen LogP contribution in [0, 0.1) is 11.7 Å². The molecule has 2 heterocycles. The van der Waals surface area contributed by atoms with Gasteiger partial charge >= 0.3 is 5.69 Å². The number of rotatable bonds is 8. The minimum Gasteiger partial charge on any atom is -0.350 e. The summed E-state index contributed by atoms with van der Waals surface area (Å²) in [4.78, 5) is 52.1. The number of fused-ring (bicyclic) bond motifs is 3. The van der Waals surface area contributed by atoms with E-state index < -0.39 is 24.0 Å². The van der Waals surface area contributed by atoms with Gasteiger partial charge < -0.3 is 10.6 Å². The number of aryl methyl sites for hydroxylation is 1. The Morgan fingerprint density at radius 1 is 1.05 bits per heavy atom. The molecule has 10 nitrogen and oxygen atoms in total. The Balaban J connectivity index is 1.84. The van der Waals surface area contributed by atoms with Gasteiger partial charge in [0, 0.05) is 23.8 Å². The van der Waals surface area contributed by atoms with Gasteiger partial charge in [0.25, 0.3) is 11.5 Å². The Morgan fingerprint density at radius 3 is 2.49 bits per heavy atom. The number of hydrogen-bond acceptors (Lipinski definition) is 5. The molecule has 0 aliphatic rings. The number of hydrogen-bond donors (Lipinski definition) is 2. The van der Waals surface area contributed by atoms with Gasteiger partial charge in [0.1, 0.15) is 12.4 Å². The lowest BCUT2D eigenvalue weighted by molar-refractivity contribution is -0.117. The summed E-state index contributed by atoms with van der Waals surface area (Å²) in [7, 11) is 0. The fourth-order valence-electron chi connectivity index (χ4n) is 4.00. The van der Waals surface area contributed by atoms with Gasteiger partial charge in [-0.15, -0.1) is 5.10 Å². The zero-order valence-corrected chi connectivity index (χ0v) is 21.1. The van der Waals surface area contributed by atoms with Crippen LogP contribution < -0.4 is 21.9 Å². The van der Waals surface area contributed by atoms with E-state index in [1.54, 1.807) is 6.07 Å². The van der Waals surface area contributed by atoms with E-state index >= 15 is 0 Å². The lowest BCUT2D eigenvalue weighted by Crippen LogP contribution is -2.31. The molecule has 4 rings (SSSR count). The highest BCUT2D eigenvalue weighted by atomic mass is 19.1. The summed E-state index contributed by atoms with van der Waals surface area (Å²) in [6, 6.07) is 9.83. The Labute approximate surface area is 211 Å². The molecule has 0 radical (unpaired) electrons.